The van der Waals surface area contributed by atoms with Gasteiger partial charge in [-0.15, -0.1) is 0 Å². The van der Waals surface area contributed by atoms with Gasteiger partial charge in [-0.05, 0) is 38.1 Å². The molecule has 0 fully saturated rings. The Balaban J connectivity index is 1.85. The number of hydrogen-bond donors (Lipinski definition) is 1. The Hall–Kier alpha value is -3.85. The number of esters is 1. The van der Waals surface area contributed by atoms with Crippen molar-refractivity contribution in [2.45, 2.75) is 20.4 Å². The summed E-state index contributed by atoms with van der Waals surface area (Å²) in [5.41, 5.74) is 4.83. The van der Waals surface area contributed by atoms with Crippen molar-refractivity contribution in [1.29, 1.82) is 5.26 Å². The lowest BCUT2D eigenvalue weighted by atomic mass is 10.1. The van der Waals surface area contributed by atoms with E-state index in [2.05, 4.69) is 16.0 Å². The van der Waals surface area contributed by atoms with Gasteiger partial charge in [-0.2, -0.15) is 5.26 Å². The summed E-state index contributed by atoms with van der Waals surface area (Å²) in [6, 6.07) is 17.8. The first kappa shape index (κ1) is 18.5. The summed E-state index contributed by atoms with van der Waals surface area (Å²) in [7, 11) is 0. The number of benzene rings is 2. The largest absolute Gasteiger partial charge is 0.465 e. The second-order valence-corrected chi connectivity index (χ2v) is 6.68. The van der Waals surface area contributed by atoms with Crippen LogP contribution in [0.2, 0.25) is 0 Å². The lowest BCUT2D eigenvalue weighted by molar-refractivity contribution is -0.143. The first-order chi connectivity index (χ1) is 14.1. The van der Waals surface area contributed by atoms with Crippen molar-refractivity contribution in [1.82, 2.24) is 14.5 Å². The molecule has 4 aromatic rings. The molecule has 0 radical (unpaired) electrons. The summed E-state index contributed by atoms with van der Waals surface area (Å²) in [4.78, 5) is 19.8. The Morgan fingerprint density at radius 1 is 1.24 bits per heavy atom. The first-order valence-electron chi connectivity index (χ1n) is 9.42. The van der Waals surface area contributed by atoms with E-state index < -0.39 is 0 Å². The zero-order chi connectivity index (χ0) is 20.4. The van der Waals surface area contributed by atoms with Gasteiger partial charge in [0.25, 0.3) is 0 Å². The van der Waals surface area contributed by atoms with E-state index in [1.54, 1.807) is 6.92 Å². The number of imidazole rings is 1. The van der Waals surface area contributed by atoms with E-state index in [4.69, 9.17) is 4.74 Å². The van der Waals surface area contributed by atoms with Gasteiger partial charge in [0.1, 0.15) is 18.4 Å². The second kappa shape index (κ2) is 7.64. The van der Waals surface area contributed by atoms with Crippen LogP contribution >= 0.6 is 0 Å². The topological polar surface area (TPSA) is 83.7 Å². The number of nitriles is 1. The summed E-state index contributed by atoms with van der Waals surface area (Å²) in [6.07, 6.45) is 1.83. The molecule has 29 heavy (non-hydrogen) atoms. The molecular weight excluding hydrogens is 364 g/mol. The Morgan fingerprint density at radius 3 is 2.76 bits per heavy atom. The molecule has 0 atom stereocenters. The molecule has 0 aliphatic carbocycles. The van der Waals surface area contributed by atoms with Crippen LogP contribution in [-0.4, -0.2) is 27.1 Å². The zero-order valence-electron chi connectivity index (χ0n) is 16.3. The highest BCUT2D eigenvalue weighted by atomic mass is 16.5. The molecule has 2 heterocycles. The summed E-state index contributed by atoms with van der Waals surface area (Å²) < 4.78 is 7.05. The zero-order valence-corrected chi connectivity index (χ0v) is 16.3. The van der Waals surface area contributed by atoms with Crippen molar-refractivity contribution in [2.24, 2.45) is 0 Å². The van der Waals surface area contributed by atoms with Gasteiger partial charge in [-0.25, -0.2) is 4.98 Å². The van der Waals surface area contributed by atoms with Gasteiger partial charge in [-0.1, -0.05) is 30.3 Å². The molecule has 0 aliphatic rings. The normalized spacial score (nSPS) is 11.7. The average Bonchev–Trinajstić information content (AvgIpc) is 3.26. The summed E-state index contributed by atoms with van der Waals surface area (Å²) in [5.74, 6) is 0.236. The van der Waals surface area contributed by atoms with Crippen LogP contribution < -0.4 is 0 Å². The highest BCUT2D eigenvalue weighted by Crippen LogP contribution is 2.29. The molecule has 0 saturated carbocycles. The number of carbonyl (C=O) groups is 1. The molecule has 2 aromatic carbocycles. The number of para-hydroxylation sites is 3. The van der Waals surface area contributed by atoms with Crippen LogP contribution in [0.5, 0.6) is 0 Å². The molecule has 144 valence electrons. The number of nitrogens with one attached hydrogen (secondary N) is 1. The molecule has 0 spiro atoms. The Bertz CT molecular complexity index is 1250. The summed E-state index contributed by atoms with van der Waals surface area (Å²) >= 11 is 0. The van der Waals surface area contributed by atoms with Crippen LogP contribution in [-0.2, 0) is 16.1 Å². The molecule has 0 aliphatic heterocycles. The predicted octanol–water partition coefficient (Wildman–Crippen LogP) is 4.45. The molecule has 2 aromatic heterocycles. The summed E-state index contributed by atoms with van der Waals surface area (Å²) in [6.45, 7) is 4.20. The Kier molecular flexibility index (Phi) is 4.88. The van der Waals surface area contributed by atoms with Gasteiger partial charge < -0.3 is 14.3 Å². The second-order valence-electron chi connectivity index (χ2n) is 6.68. The molecular formula is C23H20N4O2. The number of rotatable bonds is 5. The number of aromatic nitrogens is 3. The Labute approximate surface area is 168 Å². The lowest BCUT2D eigenvalue weighted by Gasteiger charge is -2.07. The number of H-pyrrole nitrogens is 1. The molecule has 0 unspecified atom stereocenters. The van der Waals surface area contributed by atoms with Crippen LogP contribution in [0.3, 0.4) is 0 Å². The van der Waals surface area contributed by atoms with Crippen molar-refractivity contribution in [2.75, 3.05) is 6.61 Å². The monoisotopic (exact) mass is 384 g/mol. The first-order valence-corrected chi connectivity index (χ1v) is 9.42. The maximum absolute atomic E-state index is 12.1. The fourth-order valence-corrected chi connectivity index (χ4v) is 3.56. The summed E-state index contributed by atoms with van der Waals surface area (Å²) in [5, 5.41) is 10.8. The number of hydrogen-bond acceptors (Lipinski definition) is 4. The Morgan fingerprint density at radius 2 is 2.00 bits per heavy atom. The average molecular weight is 384 g/mol. The van der Waals surface area contributed by atoms with E-state index in [1.807, 2.05) is 66.1 Å². The van der Waals surface area contributed by atoms with Gasteiger partial charge in [0.2, 0.25) is 0 Å². The molecule has 0 amide bonds. The maximum Gasteiger partial charge on any atom is 0.325 e. The highest BCUT2D eigenvalue weighted by molar-refractivity contribution is 5.99. The van der Waals surface area contributed by atoms with Crippen LogP contribution in [0, 0.1) is 18.3 Å². The van der Waals surface area contributed by atoms with Crippen LogP contribution in [0.4, 0.5) is 0 Å². The third-order valence-electron chi connectivity index (χ3n) is 4.93. The SMILES string of the molecule is CCOC(=O)Cn1c(C)c(C=C(C#N)c2nc3ccccc3[nH]2)c2ccccc21. The number of fused-ring (bicyclic) bond motifs is 2. The van der Waals surface area contributed by atoms with E-state index in [1.165, 1.54) is 0 Å². The van der Waals surface area contributed by atoms with Crippen LogP contribution in [0.25, 0.3) is 33.6 Å². The van der Waals surface area contributed by atoms with Gasteiger partial charge in [0, 0.05) is 22.2 Å². The van der Waals surface area contributed by atoms with Crippen molar-refractivity contribution >= 4 is 39.6 Å². The van der Waals surface area contributed by atoms with Gasteiger partial charge in [0.15, 0.2) is 0 Å². The molecule has 4 rings (SSSR count). The minimum Gasteiger partial charge on any atom is -0.465 e. The molecule has 1 N–H and O–H groups in total. The lowest BCUT2D eigenvalue weighted by Crippen LogP contribution is -2.14. The third kappa shape index (κ3) is 3.39. The minimum atomic E-state index is -0.287. The number of nitrogens with zero attached hydrogens (tertiary/aromatic N) is 3. The number of carbonyl (C=O) groups excluding carboxylic acids is 1. The van der Waals surface area contributed by atoms with Crippen LogP contribution in [0.15, 0.2) is 48.5 Å². The molecule has 0 bridgehead atoms. The van der Waals surface area contributed by atoms with E-state index in [0.29, 0.717) is 18.0 Å². The van der Waals surface area contributed by atoms with Gasteiger partial charge in [0.05, 0.1) is 23.2 Å². The smallest absolute Gasteiger partial charge is 0.325 e. The van der Waals surface area contributed by atoms with Crippen molar-refractivity contribution in [3.05, 3.63) is 65.6 Å². The fraction of sp³-hybridized carbons (Fsp3) is 0.174. The molecule has 0 saturated heterocycles. The number of aromatic amines is 1. The van der Waals surface area contributed by atoms with E-state index in [-0.39, 0.29) is 12.5 Å². The quantitative estimate of drug-likeness (QED) is 0.407. The van der Waals surface area contributed by atoms with E-state index in [0.717, 1.165) is 33.2 Å². The number of ether oxygens (including phenoxy) is 1. The van der Waals surface area contributed by atoms with Gasteiger partial charge in [-0.3, -0.25) is 4.79 Å². The predicted molar refractivity (Wildman–Crippen MR) is 113 cm³/mol. The van der Waals surface area contributed by atoms with Crippen molar-refractivity contribution in [3.8, 4) is 6.07 Å². The third-order valence-corrected chi connectivity index (χ3v) is 4.93. The van der Waals surface area contributed by atoms with Crippen molar-refractivity contribution < 1.29 is 9.53 Å². The minimum absolute atomic E-state index is 0.126. The fourth-order valence-electron chi connectivity index (χ4n) is 3.56. The van der Waals surface area contributed by atoms with Crippen LogP contribution in [0.1, 0.15) is 24.0 Å². The standard InChI is InChI=1S/C23H20N4O2/c1-3-29-22(28)14-27-15(2)18(17-8-4-7-11-21(17)27)12-16(13-24)23-25-19-9-5-6-10-20(19)26-23/h4-12H,3,14H2,1-2H3,(H,25,26). The molecule has 6 heteroatoms. The van der Waals surface area contributed by atoms with Gasteiger partial charge >= 0.3 is 5.97 Å². The number of allylic oxidation sites excluding steroid dienone is 1. The van der Waals surface area contributed by atoms with E-state index in [9.17, 15) is 10.1 Å². The van der Waals surface area contributed by atoms with Crippen molar-refractivity contribution in [3.63, 3.8) is 0 Å². The van der Waals surface area contributed by atoms with E-state index >= 15 is 0 Å². The molecule has 6 nitrogen and oxygen atoms in total. The maximum atomic E-state index is 12.1. The highest BCUT2D eigenvalue weighted by Gasteiger charge is 2.17.